The quantitative estimate of drug-likeness (QED) is 0.483. The van der Waals surface area contributed by atoms with Crippen molar-refractivity contribution in [1.29, 1.82) is 0 Å². The molecule has 24 heavy (non-hydrogen) atoms. The van der Waals surface area contributed by atoms with E-state index in [9.17, 15) is 4.79 Å². The van der Waals surface area contributed by atoms with Crippen LogP contribution in [0.2, 0.25) is 0 Å². The first kappa shape index (κ1) is 14.9. The molecule has 0 unspecified atom stereocenters. The summed E-state index contributed by atoms with van der Waals surface area (Å²) in [5.74, 6) is 0. The Kier molecular flexibility index (Phi) is 3.78. The number of carbonyl (C=O) groups is 1. The molecule has 4 nitrogen and oxygen atoms in total. The number of ether oxygens (including phenoxy) is 1. The van der Waals surface area contributed by atoms with Crippen LogP contribution in [0.15, 0.2) is 71.5 Å². The van der Waals surface area contributed by atoms with E-state index in [1.807, 2.05) is 54.6 Å². The van der Waals surface area contributed by atoms with Crippen LogP contribution < -0.4 is 0 Å². The Labute approximate surface area is 146 Å². The van der Waals surface area contributed by atoms with Gasteiger partial charge < -0.3 is 4.74 Å². The first-order chi connectivity index (χ1) is 11.7. The molecule has 0 spiro atoms. The van der Waals surface area contributed by atoms with Crippen LogP contribution in [0.5, 0.6) is 0 Å². The summed E-state index contributed by atoms with van der Waals surface area (Å²) >= 11 is 3.47. The Balaban J connectivity index is 1.79. The molecule has 0 aliphatic heterocycles. The molecule has 2 aromatic heterocycles. The molecule has 118 valence electrons. The van der Waals surface area contributed by atoms with Crippen molar-refractivity contribution < 1.29 is 9.53 Å². The standard InChI is InChI=1S/C19H13BrN2O2/c20-14-6-7-15-16-11-21-9-8-17(16)22(18(15)10-14)19(23)24-12-13-4-2-1-3-5-13/h1-11H,12H2. The lowest BCUT2D eigenvalue weighted by atomic mass is 10.2. The van der Waals surface area contributed by atoms with E-state index in [-0.39, 0.29) is 6.61 Å². The van der Waals surface area contributed by atoms with Gasteiger partial charge in [-0.25, -0.2) is 9.36 Å². The maximum Gasteiger partial charge on any atom is 0.419 e. The molecule has 5 heteroatoms. The lowest BCUT2D eigenvalue weighted by Crippen LogP contribution is -2.13. The minimum absolute atomic E-state index is 0.236. The molecule has 0 amide bonds. The SMILES string of the molecule is O=C(OCc1ccccc1)n1c2ccncc2c2ccc(Br)cc21. The molecule has 2 aromatic carbocycles. The van der Waals surface area contributed by atoms with E-state index >= 15 is 0 Å². The zero-order valence-corrected chi connectivity index (χ0v) is 14.2. The van der Waals surface area contributed by atoms with Crippen molar-refractivity contribution in [3.8, 4) is 0 Å². The fraction of sp³-hybridized carbons (Fsp3) is 0.0526. The molecule has 0 saturated carbocycles. The molecule has 4 rings (SSSR count). The number of pyridine rings is 1. The second-order valence-electron chi connectivity index (χ2n) is 5.43. The van der Waals surface area contributed by atoms with Crippen LogP contribution in [0.1, 0.15) is 5.56 Å². The van der Waals surface area contributed by atoms with Crippen molar-refractivity contribution in [3.63, 3.8) is 0 Å². The second kappa shape index (κ2) is 6.09. The smallest absolute Gasteiger partial charge is 0.419 e. The predicted molar refractivity (Wildman–Crippen MR) is 97.0 cm³/mol. The monoisotopic (exact) mass is 380 g/mol. The number of fused-ring (bicyclic) bond motifs is 3. The molecule has 0 aliphatic carbocycles. The van der Waals surface area contributed by atoms with E-state index in [0.717, 1.165) is 31.8 Å². The van der Waals surface area contributed by atoms with Crippen molar-refractivity contribution >= 4 is 43.8 Å². The summed E-state index contributed by atoms with van der Waals surface area (Å²) in [6.45, 7) is 0.236. The van der Waals surface area contributed by atoms with Gasteiger partial charge in [-0.15, -0.1) is 0 Å². The molecule has 4 aromatic rings. The first-order valence-corrected chi connectivity index (χ1v) is 8.28. The summed E-state index contributed by atoms with van der Waals surface area (Å²) in [4.78, 5) is 16.9. The van der Waals surface area contributed by atoms with Crippen molar-refractivity contribution in [2.75, 3.05) is 0 Å². The molecule has 0 aliphatic rings. The van der Waals surface area contributed by atoms with Gasteiger partial charge in [-0.05, 0) is 23.8 Å². The predicted octanol–water partition coefficient (Wildman–Crippen LogP) is 5.14. The maximum absolute atomic E-state index is 12.7. The first-order valence-electron chi connectivity index (χ1n) is 7.49. The van der Waals surface area contributed by atoms with Crippen LogP contribution in [0.3, 0.4) is 0 Å². The van der Waals surface area contributed by atoms with E-state index < -0.39 is 6.09 Å². The summed E-state index contributed by atoms with van der Waals surface area (Å²) < 4.78 is 8.02. The third kappa shape index (κ3) is 2.57. The van der Waals surface area contributed by atoms with E-state index in [1.54, 1.807) is 17.0 Å². The van der Waals surface area contributed by atoms with Gasteiger partial charge in [-0.1, -0.05) is 52.3 Å². The minimum atomic E-state index is -0.400. The summed E-state index contributed by atoms with van der Waals surface area (Å²) in [7, 11) is 0. The third-order valence-electron chi connectivity index (χ3n) is 3.92. The largest absolute Gasteiger partial charge is 0.444 e. The molecule has 0 atom stereocenters. The molecule has 0 saturated heterocycles. The minimum Gasteiger partial charge on any atom is -0.444 e. The highest BCUT2D eigenvalue weighted by Crippen LogP contribution is 2.30. The van der Waals surface area contributed by atoms with Crippen LogP contribution in [0.4, 0.5) is 4.79 Å². The Bertz CT molecular complexity index is 1040. The lowest BCUT2D eigenvalue weighted by molar-refractivity contribution is 0.143. The Morgan fingerprint density at radius 3 is 2.71 bits per heavy atom. The molecular weight excluding hydrogens is 368 g/mol. The molecule has 0 radical (unpaired) electrons. The van der Waals surface area contributed by atoms with Crippen LogP contribution in [0, 0.1) is 0 Å². The highest BCUT2D eigenvalue weighted by Gasteiger charge is 2.17. The van der Waals surface area contributed by atoms with E-state index in [2.05, 4.69) is 20.9 Å². The number of aromatic nitrogens is 2. The normalized spacial score (nSPS) is 11.0. The van der Waals surface area contributed by atoms with E-state index in [4.69, 9.17) is 4.74 Å². The number of halogens is 1. The average molecular weight is 381 g/mol. The Morgan fingerprint density at radius 1 is 1.04 bits per heavy atom. The van der Waals surface area contributed by atoms with Gasteiger partial charge in [-0.2, -0.15) is 0 Å². The fourth-order valence-corrected chi connectivity index (χ4v) is 3.17. The van der Waals surface area contributed by atoms with Gasteiger partial charge in [0.2, 0.25) is 0 Å². The van der Waals surface area contributed by atoms with Crippen molar-refractivity contribution in [2.24, 2.45) is 0 Å². The van der Waals surface area contributed by atoms with E-state index in [0.29, 0.717) is 0 Å². The zero-order valence-electron chi connectivity index (χ0n) is 12.6. The van der Waals surface area contributed by atoms with Gasteiger partial charge in [-0.3, -0.25) is 4.98 Å². The molecule has 0 N–H and O–H groups in total. The highest BCUT2D eigenvalue weighted by molar-refractivity contribution is 9.10. The number of nitrogens with zero attached hydrogens (tertiary/aromatic N) is 2. The number of hydrogen-bond acceptors (Lipinski definition) is 3. The summed E-state index contributed by atoms with van der Waals surface area (Å²) in [5.41, 5.74) is 2.54. The highest BCUT2D eigenvalue weighted by atomic mass is 79.9. The van der Waals surface area contributed by atoms with Gasteiger partial charge in [0, 0.05) is 27.6 Å². The number of carbonyl (C=O) groups excluding carboxylic acids is 1. The third-order valence-corrected chi connectivity index (χ3v) is 4.41. The van der Waals surface area contributed by atoms with Crippen molar-refractivity contribution in [2.45, 2.75) is 6.61 Å². The topological polar surface area (TPSA) is 44.1 Å². The van der Waals surface area contributed by atoms with Gasteiger partial charge in [0.25, 0.3) is 0 Å². The number of hydrogen-bond donors (Lipinski definition) is 0. The van der Waals surface area contributed by atoms with Gasteiger partial charge in [0.05, 0.1) is 11.0 Å². The average Bonchev–Trinajstić information content (AvgIpc) is 2.94. The van der Waals surface area contributed by atoms with E-state index in [1.165, 1.54) is 0 Å². The van der Waals surface area contributed by atoms with Crippen LogP contribution >= 0.6 is 15.9 Å². The molecule has 0 fully saturated rings. The second-order valence-corrected chi connectivity index (χ2v) is 6.35. The molecular formula is C19H13BrN2O2. The maximum atomic E-state index is 12.7. The van der Waals surface area contributed by atoms with Crippen LogP contribution in [-0.4, -0.2) is 15.6 Å². The summed E-state index contributed by atoms with van der Waals surface area (Å²) in [5, 5.41) is 1.90. The molecule has 2 heterocycles. The fourth-order valence-electron chi connectivity index (χ4n) is 2.82. The van der Waals surface area contributed by atoms with Crippen molar-refractivity contribution in [1.82, 2.24) is 9.55 Å². The lowest BCUT2D eigenvalue weighted by Gasteiger charge is -2.08. The number of benzene rings is 2. The zero-order chi connectivity index (χ0) is 16.5. The summed E-state index contributed by atoms with van der Waals surface area (Å²) in [6.07, 6.45) is 3.05. The molecule has 0 bridgehead atoms. The van der Waals surface area contributed by atoms with Gasteiger partial charge in [0.15, 0.2) is 0 Å². The van der Waals surface area contributed by atoms with Crippen LogP contribution in [0.25, 0.3) is 21.8 Å². The number of rotatable bonds is 2. The van der Waals surface area contributed by atoms with Gasteiger partial charge in [0.1, 0.15) is 6.61 Å². The Morgan fingerprint density at radius 2 is 1.88 bits per heavy atom. The Hall–Kier alpha value is -2.66. The summed E-state index contributed by atoms with van der Waals surface area (Å²) in [6, 6.07) is 17.3. The van der Waals surface area contributed by atoms with Crippen molar-refractivity contribution in [3.05, 3.63) is 77.0 Å². The van der Waals surface area contributed by atoms with Crippen LogP contribution in [-0.2, 0) is 11.3 Å². The van der Waals surface area contributed by atoms with Gasteiger partial charge >= 0.3 is 6.09 Å².